The van der Waals surface area contributed by atoms with Crippen LogP contribution in [0.3, 0.4) is 0 Å². The van der Waals surface area contributed by atoms with Crippen LogP contribution in [0, 0.1) is 6.92 Å². The molecule has 0 N–H and O–H groups in total. The van der Waals surface area contributed by atoms with Crippen LogP contribution in [0.4, 0.5) is 0 Å². The fraction of sp³-hybridized carbons (Fsp3) is 0.333. The van der Waals surface area contributed by atoms with Crippen molar-refractivity contribution in [1.29, 1.82) is 0 Å². The Kier molecular flexibility index (Phi) is 5.56. The molecular formula is C21H24N2O3. The first-order valence-electron chi connectivity index (χ1n) is 8.83. The van der Waals surface area contributed by atoms with Gasteiger partial charge in [-0.05, 0) is 36.8 Å². The maximum Gasteiger partial charge on any atom is 0.253 e. The number of nitrogens with zero attached hydrogens (tertiary/aromatic N) is 2. The zero-order chi connectivity index (χ0) is 18.5. The normalized spacial score (nSPS) is 14.9. The summed E-state index contributed by atoms with van der Waals surface area (Å²) in [6.45, 7) is 4.06. The predicted octanol–water partition coefficient (Wildman–Crippen LogP) is 2.88. The van der Waals surface area contributed by atoms with E-state index >= 15 is 0 Å². The molecule has 0 radical (unpaired) electrons. The maximum atomic E-state index is 12.7. The van der Waals surface area contributed by atoms with E-state index < -0.39 is 0 Å². The highest BCUT2D eigenvalue weighted by molar-refractivity contribution is 5.94. The Hall–Kier alpha value is -2.82. The zero-order valence-corrected chi connectivity index (χ0v) is 15.3. The Morgan fingerprint density at radius 3 is 2.58 bits per heavy atom. The molecule has 1 aliphatic heterocycles. The molecule has 0 aromatic heterocycles. The average molecular weight is 352 g/mol. The second-order valence-corrected chi connectivity index (χ2v) is 6.58. The van der Waals surface area contributed by atoms with Crippen molar-refractivity contribution in [3.05, 3.63) is 65.2 Å². The SMILES string of the molecule is COc1cccc(CN2CCN(C(=O)c3ccc(C)cc3)CCC2=O)c1. The molecule has 5 nitrogen and oxygen atoms in total. The third-order valence-electron chi connectivity index (χ3n) is 4.68. The van der Waals surface area contributed by atoms with Gasteiger partial charge < -0.3 is 14.5 Å². The smallest absolute Gasteiger partial charge is 0.253 e. The number of amides is 2. The zero-order valence-electron chi connectivity index (χ0n) is 15.3. The van der Waals surface area contributed by atoms with E-state index in [-0.39, 0.29) is 11.8 Å². The number of rotatable bonds is 4. The van der Waals surface area contributed by atoms with Crippen molar-refractivity contribution in [3.63, 3.8) is 0 Å². The molecule has 0 bridgehead atoms. The Morgan fingerprint density at radius 2 is 1.85 bits per heavy atom. The van der Waals surface area contributed by atoms with Gasteiger partial charge in [-0.3, -0.25) is 9.59 Å². The quantitative estimate of drug-likeness (QED) is 0.850. The molecule has 26 heavy (non-hydrogen) atoms. The van der Waals surface area contributed by atoms with Crippen LogP contribution < -0.4 is 4.74 Å². The van der Waals surface area contributed by atoms with Crippen molar-refractivity contribution in [2.75, 3.05) is 26.7 Å². The Bertz CT molecular complexity index is 786. The summed E-state index contributed by atoms with van der Waals surface area (Å²) < 4.78 is 5.25. The summed E-state index contributed by atoms with van der Waals surface area (Å²) in [6, 6.07) is 15.3. The third-order valence-corrected chi connectivity index (χ3v) is 4.68. The average Bonchev–Trinajstić information content (AvgIpc) is 2.84. The van der Waals surface area contributed by atoms with Crippen LogP contribution >= 0.6 is 0 Å². The van der Waals surface area contributed by atoms with Gasteiger partial charge in [0.25, 0.3) is 5.91 Å². The first kappa shape index (κ1) is 18.0. The number of hydrogen-bond donors (Lipinski definition) is 0. The van der Waals surface area contributed by atoms with E-state index in [0.29, 0.717) is 38.2 Å². The molecule has 1 fully saturated rings. The van der Waals surface area contributed by atoms with Gasteiger partial charge in [0.2, 0.25) is 5.91 Å². The van der Waals surface area contributed by atoms with Crippen LogP contribution in [0.2, 0.25) is 0 Å². The van der Waals surface area contributed by atoms with E-state index in [1.54, 1.807) is 12.0 Å². The van der Waals surface area contributed by atoms with Gasteiger partial charge in [-0.2, -0.15) is 0 Å². The summed E-state index contributed by atoms with van der Waals surface area (Å²) in [4.78, 5) is 28.8. The number of hydrogen-bond acceptors (Lipinski definition) is 3. The van der Waals surface area contributed by atoms with Crippen molar-refractivity contribution in [2.24, 2.45) is 0 Å². The van der Waals surface area contributed by atoms with Gasteiger partial charge >= 0.3 is 0 Å². The highest BCUT2D eigenvalue weighted by atomic mass is 16.5. The molecule has 5 heteroatoms. The fourth-order valence-corrected chi connectivity index (χ4v) is 3.11. The molecule has 3 rings (SSSR count). The third kappa shape index (κ3) is 4.23. The van der Waals surface area contributed by atoms with Crippen molar-refractivity contribution < 1.29 is 14.3 Å². The molecule has 0 unspecified atom stereocenters. The lowest BCUT2D eigenvalue weighted by Gasteiger charge is -2.22. The summed E-state index contributed by atoms with van der Waals surface area (Å²) >= 11 is 0. The first-order chi connectivity index (χ1) is 12.6. The van der Waals surface area contributed by atoms with Crippen LogP contribution in [0.25, 0.3) is 0 Å². The molecule has 0 spiro atoms. The molecule has 1 heterocycles. The van der Waals surface area contributed by atoms with Gasteiger partial charge in [-0.15, -0.1) is 0 Å². The number of carbonyl (C=O) groups excluding carboxylic acids is 2. The summed E-state index contributed by atoms with van der Waals surface area (Å²) in [5.41, 5.74) is 2.82. The molecule has 2 aromatic rings. The summed E-state index contributed by atoms with van der Waals surface area (Å²) in [6.07, 6.45) is 0.349. The molecule has 1 saturated heterocycles. The summed E-state index contributed by atoms with van der Waals surface area (Å²) in [5, 5.41) is 0. The maximum absolute atomic E-state index is 12.7. The summed E-state index contributed by atoms with van der Waals surface area (Å²) in [7, 11) is 1.63. The lowest BCUT2D eigenvalue weighted by Crippen LogP contribution is -2.35. The number of ether oxygens (including phenoxy) is 1. The highest BCUT2D eigenvalue weighted by Crippen LogP contribution is 2.17. The fourth-order valence-electron chi connectivity index (χ4n) is 3.11. The summed E-state index contributed by atoms with van der Waals surface area (Å²) in [5.74, 6) is 0.842. The number of benzene rings is 2. The van der Waals surface area contributed by atoms with Gasteiger partial charge in [0.05, 0.1) is 7.11 Å². The van der Waals surface area contributed by atoms with Crippen LogP contribution in [0.1, 0.15) is 27.9 Å². The van der Waals surface area contributed by atoms with Crippen molar-refractivity contribution in [2.45, 2.75) is 19.9 Å². The number of methoxy groups -OCH3 is 1. The second kappa shape index (κ2) is 8.04. The van der Waals surface area contributed by atoms with Crippen LogP contribution in [0.15, 0.2) is 48.5 Å². The molecule has 0 atom stereocenters. The minimum absolute atomic E-state index is 0.0129. The molecule has 136 valence electrons. The van der Waals surface area contributed by atoms with Crippen LogP contribution in [0.5, 0.6) is 5.75 Å². The molecule has 2 amide bonds. The first-order valence-corrected chi connectivity index (χ1v) is 8.83. The van der Waals surface area contributed by atoms with E-state index in [0.717, 1.165) is 16.9 Å². The largest absolute Gasteiger partial charge is 0.497 e. The highest BCUT2D eigenvalue weighted by Gasteiger charge is 2.24. The minimum Gasteiger partial charge on any atom is -0.497 e. The Balaban J connectivity index is 1.66. The topological polar surface area (TPSA) is 49.9 Å². The minimum atomic E-state index is -0.0129. The van der Waals surface area contributed by atoms with E-state index in [9.17, 15) is 9.59 Å². The lowest BCUT2D eigenvalue weighted by molar-refractivity contribution is -0.130. The van der Waals surface area contributed by atoms with E-state index in [1.165, 1.54) is 0 Å². The van der Waals surface area contributed by atoms with Crippen molar-refractivity contribution >= 4 is 11.8 Å². The van der Waals surface area contributed by atoms with Gasteiger partial charge in [0.15, 0.2) is 0 Å². The van der Waals surface area contributed by atoms with E-state index in [4.69, 9.17) is 4.74 Å². The second-order valence-electron chi connectivity index (χ2n) is 6.58. The van der Waals surface area contributed by atoms with Gasteiger partial charge in [0.1, 0.15) is 5.75 Å². The van der Waals surface area contributed by atoms with Crippen LogP contribution in [-0.2, 0) is 11.3 Å². The van der Waals surface area contributed by atoms with E-state index in [1.807, 2.05) is 60.4 Å². The Labute approximate surface area is 154 Å². The molecule has 1 aliphatic rings. The monoisotopic (exact) mass is 352 g/mol. The predicted molar refractivity (Wildman–Crippen MR) is 100 cm³/mol. The molecule has 0 aliphatic carbocycles. The van der Waals surface area contributed by atoms with Crippen molar-refractivity contribution in [1.82, 2.24) is 9.80 Å². The number of aryl methyl sites for hydroxylation is 1. The standard InChI is InChI=1S/C21H24N2O3/c1-16-6-8-18(9-7-16)21(25)22-11-10-20(24)23(13-12-22)15-17-4-3-5-19(14-17)26-2/h3-9,14H,10-13,15H2,1-2H3. The van der Waals surface area contributed by atoms with Crippen molar-refractivity contribution in [3.8, 4) is 5.75 Å². The lowest BCUT2D eigenvalue weighted by atomic mass is 10.1. The Morgan fingerprint density at radius 1 is 1.08 bits per heavy atom. The molecular weight excluding hydrogens is 328 g/mol. The molecule has 2 aromatic carbocycles. The van der Waals surface area contributed by atoms with Gasteiger partial charge in [-0.25, -0.2) is 0 Å². The molecule has 0 saturated carbocycles. The van der Waals surface area contributed by atoms with Gasteiger partial charge in [0, 0.05) is 38.2 Å². The van der Waals surface area contributed by atoms with Crippen LogP contribution in [-0.4, -0.2) is 48.4 Å². The van der Waals surface area contributed by atoms with E-state index in [2.05, 4.69) is 0 Å². The van der Waals surface area contributed by atoms with Gasteiger partial charge in [-0.1, -0.05) is 29.8 Å². The number of carbonyl (C=O) groups is 2.